The van der Waals surface area contributed by atoms with Crippen molar-refractivity contribution in [3.8, 4) is 0 Å². The molecule has 0 aromatic carbocycles. The summed E-state index contributed by atoms with van der Waals surface area (Å²) in [5.41, 5.74) is 0. The molecule has 1 heterocycles. The van der Waals surface area contributed by atoms with E-state index in [4.69, 9.17) is 0 Å². The summed E-state index contributed by atoms with van der Waals surface area (Å²) in [6, 6.07) is 2.47. The summed E-state index contributed by atoms with van der Waals surface area (Å²) in [5, 5.41) is 7.63. The van der Waals surface area contributed by atoms with Gasteiger partial charge in [-0.2, -0.15) is 0 Å². The largest absolute Gasteiger partial charge is 0.312 e. The molecular weight excluding hydrogens is 196 g/mol. The maximum Gasteiger partial charge on any atom is 0.0198 e. The van der Waals surface area contributed by atoms with E-state index in [1.165, 1.54) is 64.3 Å². The van der Waals surface area contributed by atoms with E-state index in [9.17, 15) is 0 Å². The van der Waals surface area contributed by atoms with E-state index in [2.05, 4.69) is 10.6 Å². The molecule has 3 fully saturated rings. The van der Waals surface area contributed by atoms with Crippen molar-refractivity contribution in [2.45, 2.75) is 75.9 Å². The smallest absolute Gasteiger partial charge is 0.0198 e. The highest BCUT2D eigenvalue weighted by Crippen LogP contribution is 2.33. The second-order valence-corrected chi connectivity index (χ2v) is 6.14. The maximum atomic E-state index is 3.85. The molecule has 0 spiro atoms. The fourth-order valence-electron chi connectivity index (χ4n) is 4.03. The number of nitrogens with one attached hydrogen (secondary N) is 2. The van der Waals surface area contributed by atoms with Crippen LogP contribution in [0.1, 0.15) is 57.8 Å². The van der Waals surface area contributed by atoms with Crippen LogP contribution in [0, 0.1) is 5.92 Å². The van der Waals surface area contributed by atoms with Gasteiger partial charge in [0.25, 0.3) is 0 Å². The van der Waals surface area contributed by atoms with Gasteiger partial charge < -0.3 is 10.6 Å². The summed E-state index contributed by atoms with van der Waals surface area (Å²) in [6.07, 6.45) is 13.0. The summed E-state index contributed by atoms with van der Waals surface area (Å²) in [6.45, 7) is 1.22. The average molecular weight is 222 g/mol. The third-order valence-electron chi connectivity index (χ3n) is 4.95. The highest BCUT2D eigenvalue weighted by molar-refractivity contribution is 4.94. The Hall–Kier alpha value is -0.0800. The van der Waals surface area contributed by atoms with Crippen molar-refractivity contribution in [2.24, 2.45) is 5.92 Å². The van der Waals surface area contributed by atoms with Crippen LogP contribution in [0.25, 0.3) is 0 Å². The molecule has 0 amide bonds. The van der Waals surface area contributed by atoms with Crippen LogP contribution in [-0.4, -0.2) is 24.7 Å². The molecule has 92 valence electrons. The Balaban J connectivity index is 1.42. The van der Waals surface area contributed by atoms with Gasteiger partial charge in [0.05, 0.1) is 0 Å². The molecule has 3 unspecified atom stereocenters. The van der Waals surface area contributed by atoms with E-state index in [1.807, 2.05) is 0 Å². The van der Waals surface area contributed by atoms with Gasteiger partial charge >= 0.3 is 0 Å². The van der Waals surface area contributed by atoms with E-state index < -0.39 is 0 Å². The van der Waals surface area contributed by atoms with Gasteiger partial charge in [-0.25, -0.2) is 0 Å². The SMILES string of the molecule is C1CCC(NCC2CC3CCCCC3N2)C1. The van der Waals surface area contributed by atoms with E-state index in [0.717, 1.165) is 24.0 Å². The Labute approximate surface area is 99.6 Å². The molecule has 1 aliphatic heterocycles. The van der Waals surface area contributed by atoms with E-state index in [1.54, 1.807) is 0 Å². The third-order valence-corrected chi connectivity index (χ3v) is 4.95. The molecule has 0 radical (unpaired) electrons. The number of hydrogen-bond donors (Lipinski definition) is 2. The quantitative estimate of drug-likeness (QED) is 0.766. The van der Waals surface area contributed by atoms with Crippen LogP contribution in [0.2, 0.25) is 0 Å². The Morgan fingerprint density at radius 2 is 1.69 bits per heavy atom. The molecule has 2 nitrogen and oxygen atoms in total. The molecule has 0 bridgehead atoms. The molecular formula is C14H26N2. The standard InChI is InChI=1S/C14H26N2/c1-4-8-14-11(5-1)9-13(16-14)10-15-12-6-2-3-7-12/h11-16H,1-10H2. The molecule has 2 saturated carbocycles. The summed E-state index contributed by atoms with van der Waals surface area (Å²) in [4.78, 5) is 0. The van der Waals surface area contributed by atoms with Crippen molar-refractivity contribution < 1.29 is 0 Å². The first-order valence-corrected chi connectivity index (χ1v) is 7.41. The van der Waals surface area contributed by atoms with E-state index in [0.29, 0.717) is 0 Å². The molecule has 2 heteroatoms. The molecule has 3 rings (SSSR count). The van der Waals surface area contributed by atoms with E-state index >= 15 is 0 Å². The Morgan fingerprint density at radius 1 is 0.938 bits per heavy atom. The fourth-order valence-corrected chi connectivity index (χ4v) is 4.03. The van der Waals surface area contributed by atoms with Crippen LogP contribution < -0.4 is 10.6 Å². The molecule has 2 N–H and O–H groups in total. The van der Waals surface area contributed by atoms with Crippen LogP contribution in [0.15, 0.2) is 0 Å². The van der Waals surface area contributed by atoms with Gasteiger partial charge in [-0.3, -0.25) is 0 Å². The zero-order valence-electron chi connectivity index (χ0n) is 10.4. The van der Waals surface area contributed by atoms with E-state index in [-0.39, 0.29) is 0 Å². The molecule has 3 atom stereocenters. The monoisotopic (exact) mass is 222 g/mol. The minimum absolute atomic E-state index is 0.772. The Bertz CT molecular complexity index is 209. The second kappa shape index (κ2) is 5.05. The summed E-state index contributed by atoms with van der Waals surface area (Å²) >= 11 is 0. The van der Waals surface area contributed by atoms with Gasteiger partial charge in [0.1, 0.15) is 0 Å². The zero-order valence-corrected chi connectivity index (χ0v) is 10.4. The van der Waals surface area contributed by atoms with Gasteiger partial charge in [-0.05, 0) is 38.0 Å². The fraction of sp³-hybridized carbons (Fsp3) is 1.00. The van der Waals surface area contributed by atoms with Crippen molar-refractivity contribution in [2.75, 3.05) is 6.54 Å². The average Bonchev–Trinajstić information content (AvgIpc) is 2.95. The lowest BCUT2D eigenvalue weighted by Gasteiger charge is -2.24. The van der Waals surface area contributed by atoms with Gasteiger partial charge in [-0.1, -0.05) is 25.7 Å². The summed E-state index contributed by atoms with van der Waals surface area (Å²) in [7, 11) is 0. The van der Waals surface area contributed by atoms with Gasteiger partial charge in [0.15, 0.2) is 0 Å². The lowest BCUT2D eigenvalue weighted by Crippen LogP contribution is -2.41. The van der Waals surface area contributed by atoms with Crippen LogP contribution in [0.4, 0.5) is 0 Å². The van der Waals surface area contributed by atoms with Gasteiger partial charge in [0.2, 0.25) is 0 Å². The third kappa shape index (κ3) is 2.43. The van der Waals surface area contributed by atoms with Crippen LogP contribution in [-0.2, 0) is 0 Å². The topological polar surface area (TPSA) is 24.1 Å². The summed E-state index contributed by atoms with van der Waals surface area (Å²) < 4.78 is 0. The second-order valence-electron chi connectivity index (χ2n) is 6.14. The van der Waals surface area contributed by atoms with Gasteiger partial charge in [0, 0.05) is 24.7 Å². The van der Waals surface area contributed by atoms with Crippen LogP contribution in [0.5, 0.6) is 0 Å². The highest BCUT2D eigenvalue weighted by Gasteiger charge is 2.34. The minimum Gasteiger partial charge on any atom is -0.312 e. The Morgan fingerprint density at radius 3 is 2.50 bits per heavy atom. The predicted molar refractivity (Wildman–Crippen MR) is 67.5 cm³/mol. The minimum atomic E-state index is 0.772. The number of rotatable bonds is 3. The zero-order chi connectivity index (χ0) is 10.8. The van der Waals surface area contributed by atoms with Crippen molar-refractivity contribution in [1.29, 1.82) is 0 Å². The first kappa shape index (κ1) is 11.0. The number of fused-ring (bicyclic) bond motifs is 1. The van der Waals surface area contributed by atoms with Crippen molar-refractivity contribution in [1.82, 2.24) is 10.6 Å². The maximum absolute atomic E-state index is 3.85. The van der Waals surface area contributed by atoms with Crippen molar-refractivity contribution >= 4 is 0 Å². The summed E-state index contributed by atoms with van der Waals surface area (Å²) in [5.74, 6) is 1.00. The van der Waals surface area contributed by atoms with Gasteiger partial charge in [-0.15, -0.1) is 0 Å². The molecule has 3 aliphatic rings. The lowest BCUT2D eigenvalue weighted by molar-refractivity contribution is 0.325. The molecule has 2 aliphatic carbocycles. The molecule has 0 aromatic rings. The normalized spacial score (nSPS) is 40.1. The molecule has 1 saturated heterocycles. The first-order chi connectivity index (χ1) is 7.92. The van der Waals surface area contributed by atoms with Crippen molar-refractivity contribution in [3.63, 3.8) is 0 Å². The molecule has 16 heavy (non-hydrogen) atoms. The van der Waals surface area contributed by atoms with Crippen molar-refractivity contribution in [3.05, 3.63) is 0 Å². The first-order valence-electron chi connectivity index (χ1n) is 7.41. The number of hydrogen-bond acceptors (Lipinski definition) is 2. The lowest BCUT2D eigenvalue weighted by atomic mass is 9.85. The van der Waals surface area contributed by atoms with Crippen LogP contribution >= 0.6 is 0 Å². The Kier molecular flexibility index (Phi) is 3.49. The van der Waals surface area contributed by atoms with Crippen LogP contribution in [0.3, 0.4) is 0 Å². The predicted octanol–water partition coefficient (Wildman–Crippen LogP) is 2.44. The highest BCUT2D eigenvalue weighted by atomic mass is 15.1. The molecule has 0 aromatic heterocycles.